The van der Waals surface area contributed by atoms with Crippen LogP contribution >= 0.6 is 0 Å². The zero-order chi connectivity index (χ0) is 16.1. The number of nitrogens with zero attached hydrogens (tertiary/aromatic N) is 3. The third-order valence-corrected chi connectivity index (χ3v) is 3.52. The van der Waals surface area contributed by atoms with E-state index in [1.165, 1.54) is 0 Å². The Morgan fingerprint density at radius 2 is 2.04 bits per heavy atom. The summed E-state index contributed by atoms with van der Waals surface area (Å²) < 4.78 is 10.4. The predicted molar refractivity (Wildman–Crippen MR) is 85.0 cm³/mol. The molecule has 7 heteroatoms. The van der Waals surface area contributed by atoms with E-state index in [0.29, 0.717) is 37.8 Å². The lowest BCUT2D eigenvalue weighted by Crippen LogP contribution is -2.41. The van der Waals surface area contributed by atoms with Crippen molar-refractivity contribution in [2.24, 2.45) is 0 Å². The van der Waals surface area contributed by atoms with Crippen LogP contribution in [0.5, 0.6) is 5.75 Å². The van der Waals surface area contributed by atoms with E-state index in [2.05, 4.69) is 15.5 Å². The van der Waals surface area contributed by atoms with Gasteiger partial charge in [-0.2, -0.15) is 0 Å². The highest BCUT2D eigenvalue weighted by atomic mass is 16.5. The van der Waals surface area contributed by atoms with Gasteiger partial charge in [0.2, 0.25) is 0 Å². The van der Waals surface area contributed by atoms with Crippen molar-refractivity contribution in [3.63, 3.8) is 0 Å². The summed E-state index contributed by atoms with van der Waals surface area (Å²) in [6.45, 7) is 2.30. The predicted octanol–water partition coefficient (Wildman–Crippen LogP) is 1.70. The molecule has 2 aromatic rings. The SMILES string of the molecule is COc1cccc(Nc2ccc(C(=O)N3CCOCC3)nn2)c1. The van der Waals surface area contributed by atoms with E-state index in [9.17, 15) is 4.79 Å². The Hall–Kier alpha value is -2.67. The van der Waals surface area contributed by atoms with Crippen LogP contribution in [0.3, 0.4) is 0 Å². The van der Waals surface area contributed by atoms with E-state index in [4.69, 9.17) is 9.47 Å². The van der Waals surface area contributed by atoms with Crippen molar-refractivity contribution in [2.45, 2.75) is 0 Å². The first-order chi connectivity index (χ1) is 11.3. The van der Waals surface area contributed by atoms with Gasteiger partial charge in [0.25, 0.3) is 5.91 Å². The molecule has 0 saturated carbocycles. The molecule has 0 spiro atoms. The number of aromatic nitrogens is 2. The normalized spacial score (nSPS) is 14.4. The Labute approximate surface area is 134 Å². The Kier molecular flexibility index (Phi) is 4.68. The van der Waals surface area contributed by atoms with E-state index in [0.717, 1.165) is 11.4 Å². The summed E-state index contributed by atoms with van der Waals surface area (Å²) in [5.74, 6) is 1.20. The molecule has 1 aliphatic heterocycles. The Morgan fingerprint density at radius 3 is 2.74 bits per heavy atom. The zero-order valence-corrected chi connectivity index (χ0v) is 12.9. The number of carbonyl (C=O) groups excluding carboxylic acids is 1. The molecular formula is C16H18N4O3. The Balaban J connectivity index is 1.67. The van der Waals surface area contributed by atoms with Crippen molar-refractivity contribution in [2.75, 3.05) is 38.7 Å². The molecule has 1 N–H and O–H groups in total. The fourth-order valence-corrected chi connectivity index (χ4v) is 2.29. The maximum atomic E-state index is 12.3. The van der Waals surface area contributed by atoms with Crippen LogP contribution in [0, 0.1) is 0 Å². The van der Waals surface area contributed by atoms with Gasteiger partial charge >= 0.3 is 0 Å². The first-order valence-corrected chi connectivity index (χ1v) is 7.38. The summed E-state index contributed by atoms with van der Waals surface area (Å²) in [5, 5.41) is 11.2. The number of anilines is 2. The molecule has 0 unspecified atom stereocenters. The van der Waals surface area contributed by atoms with Gasteiger partial charge in [-0.25, -0.2) is 0 Å². The summed E-state index contributed by atoms with van der Waals surface area (Å²) in [6, 6.07) is 10.9. The quantitative estimate of drug-likeness (QED) is 0.925. The van der Waals surface area contributed by atoms with E-state index in [1.807, 2.05) is 24.3 Å². The summed E-state index contributed by atoms with van der Waals surface area (Å²) >= 11 is 0. The summed E-state index contributed by atoms with van der Waals surface area (Å²) in [5.41, 5.74) is 1.17. The van der Waals surface area contributed by atoms with E-state index >= 15 is 0 Å². The molecule has 7 nitrogen and oxygen atoms in total. The third kappa shape index (κ3) is 3.75. The van der Waals surface area contributed by atoms with Gasteiger partial charge in [0.15, 0.2) is 11.5 Å². The topological polar surface area (TPSA) is 76.6 Å². The highest BCUT2D eigenvalue weighted by molar-refractivity contribution is 5.92. The zero-order valence-electron chi connectivity index (χ0n) is 12.9. The molecule has 1 aromatic heterocycles. The number of methoxy groups -OCH3 is 1. The van der Waals surface area contributed by atoms with Crippen LogP contribution in [-0.4, -0.2) is 54.4 Å². The van der Waals surface area contributed by atoms with Gasteiger partial charge < -0.3 is 19.7 Å². The first-order valence-electron chi connectivity index (χ1n) is 7.38. The van der Waals surface area contributed by atoms with Gasteiger partial charge in [-0.05, 0) is 24.3 Å². The van der Waals surface area contributed by atoms with Crippen molar-refractivity contribution in [3.05, 3.63) is 42.1 Å². The van der Waals surface area contributed by atoms with E-state index in [1.54, 1.807) is 24.1 Å². The highest BCUT2D eigenvalue weighted by Gasteiger charge is 2.19. The molecule has 23 heavy (non-hydrogen) atoms. The molecular weight excluding hydrogens is 296 g/mol. The highest BCUT2D eigenvalue weighted by Crippen LogP contribution is 2.20. The average molecular weight is 314 g/mol. The van der Waals surface area contributed by atoms with Gasteiger partial charge in [-0.15, -0.1) is 10.2 Å². The molecule has 2 heterocycles. The molecule has 1 amide bonds. The van der Waals surface area contributed by atoms with Crippen LogP contribution in [0.15, 0.2) is 36.4 Å². The van der Waals surface area contributed by atoms with Crippen LogP contribution in [0.1, 0.15) is 10.5 Å². The van der Waals surface area contributed by atoms with Gasteiger partial charge in [0.05, 0.1) is 20.3 Å². The monoisotopic (exact) mass is 314 g/mol. The van der Waals surface area contributed by atoms with Gasteiger partial charge in [0.1, 0.15) is 5.75 Å². The van der Waals surface area contributed by atoms with Gasteiger partial charge in [-0.3, -0.25) is 4.79 Å². The second-order valence-corrected chi connectivity index (χ2v) is 5.07. The number of hydrogen-bond donors (Lipinski definition) is 1. The fourth-order valence-electron chi connectivity index (χ4n) is 2.29. The number of amides is 1. The van der Waals surface area contributed by atoms with Crippen LogP contribution in [0.25, 0.3) is 0 Å². The largest absolute Gasteiger partial charge is 0.497 e. The number of benzene rings is 1. The standard InChI is InChI=1S/C16H18N4O3/c1-22-13-4-2-3-12(11-13)17-15-6-5-14(18-19-15)16(21)20-7-9-23-10-8-20/h2-6,11H,7-10H2,1H3,(H,17,19). The second kappa shape index (κ2) is 7.06. The maximum Gasteiger partial charge on any atom is 0.274 e. The van der Waals surface area contributed by atoms with Crippen LogP contribution < -0.4 is 10.1 Å². The van der Waals surface area contributed by atoms with Crippen molar-refractivity contribution in [1.29, 1.82) is 0 Å². The minimum Gasteiger partial charge on any atom is -0.497 e. The minimum atomic E-state index is -0.117. The smallest absolute Gasteiger partial charge is 0.274 e. The Morgan fingerprint density at radius 1 is 1.22 bits per heavy atom. The fraction of sp³-hybridized carbons (Fsp3) is 0.312. The Bertz CT molecular complexity index is 669. The molecule has 1 fully saturated rings. The number of morpholine rings is 1. The number of rotatable bonds is 4. The minimum absolute atomic E-state index is 0.117. The molecule has 3 rings (SSSR count). The van der Waals surface area contributed by atoms with Gasteiger partial charge in [-0.1, -0.05) is 6.07 Å². The summed E-state index contributed by atoms with van der Waals surface area (Å²) in [6.07, 6.45) is 0. The lowest BCUT2D eigenvalue weighted by Gasteiger charge is -2.26. The summed E-state index contributed by atoms with van der Waals surface area (Å²) in [7, 11) is 1.62. The number of ether oxygens (including phenoxy) is 2. The lowest BCUT2D eigenvalue weighted by molar-refractivity contribution is 0.0298. The van der Waals surface area contributed by atoms with Crippen molar-refractivity contribution in [1.82, 2.24) is 15.1 Å². The first kappa shape index (κ1) is 15.2. The molecule has 120 valence electrons. The number of hydrogen-bond acceptors (Lipinski definition) is 6. The van der Waals surface area contributed by atoms with Crippen LogP contribution in [-0.2, 0) is 4.74 Å². The summed E-state index contributed by atoms with van der Waals surface area (Å²) in [4.78, 5) is 14.0. The number of carbonyl (C=O) groups is 1. The molecule has 1 aromatic carbocycles. The van der Waals surface area contributed by atoms with Crippen LogP contribution in [0.2, 0.25) is 0 Å². The molecule has 1 saturated heterocycles. The molecule has 0 bridgehead atoms. The second-order valence-electron chi connectivity index (χ2n) is 5.07. The van der Waals surface area contributed by atoms with Crippen molar-refractivity contribution in [3.8, 4) is 5.75 Å². The van der Waals surface area contributed by atoms with Crippen molar-refractivity contribution >= 4 is 17.4 Å². The van der Waals surface area contributed by atoms with Gasteiger partial charge in [0, 0.05) is 24.8 Å². The average Bonchev–Trinajstić information content (AvgIpc) is 2.63. The third-order valence-electron chi connectivity index (χ3n) is 3.52. The maximum absolute atomic E-state index is 12.3. The molecule has 0 atom stereocenters. The number of nitrogens with one attached hydrogen (secondary N) is 1. The lowest BCUT2D eigenvalue weighted by atomic mass is 10.3. The van der Waals surface area contributed by atoms with E-state index < -0.39 is 0 Å². The van der Waals surface area contributed by atoms with Crippen molar-refractivity contribution < 1.29 is 14.3 Å². The van der Waals surface area contributed by atoms with Crippen LogP contribution in [0.4, 0.5) is 11.5 Å². The molecule has 0 aliphatic carbocycles. The van der Waals surface area contributed by atoms with E-state index in [-0.39, 0.29) is 5.91 Å². The molecule has 1 aliphatic rings. The molecule has 0 radical (unpaired) electrons.